The number of phosphoric ester groups is 2. The Kier molecular flexibility index (Phi) is 15.6. The van der Waals surface area contributed by atoms with Crippen molar-refractivity contribution < 1.29 is 116 Å². The fraction of sp³-hybridized carbons (Fsp3) is 0.706. The number of hydrogen-bond acceptors (Lipinski definition) is 15. The zero-order chi connectivity index (χ0) is 29.0. The normalized spacial score (nSPS) is 30.4. The van der Waals surface area contributed by atoms with Gasteiger partial charge in [0.25, 0.3) is 21.2 Å². The molecule has 2 aliphatic rings. The molecule has 1 aromatic rings. The number of aliphatic hydroxyl groups is 2. The van der Waals surface area contributed by atoms with E-state index in [1.807, 2.05) is 4.98 Å². The first kappa shape index (κ1) is 38.6. The molecule has 0 saturated carbocycles. The smallest absolute Gasteiger partial charge is 0.756 e. The number of aromatic amines is 1. The molecule has 20 nitrogen and oxygen atoms in total. The largest absolute Gasteiger partial charge is 1.00 e. The molecule has 2 fully saturated rings. The van der Waals surface area contributed by atoms with Gasteiger partial charge in [0.05, 0.1) is 25.4 Å². The predicted octanol–water partition coefficient (Wildman–Crippen LogP) is -8.53. The van der Waals surface area contributed by atoms with Crippen molar-refractivity contribution in [2.45, 2.75) is 62.7 Å². The molecule has 0 aromatic carbocycles. The van der Waals surface area contributed by atoms with E-state index in [9.17, 15) is 43.5 Å². The summed E-state index contributed by atoms with van der Waals surface area (Å²) >= 11 is 0. The van der Waals surface area contributed by atoms with E-state index in [1.54, 1.807) is 0 Å². The third kappa shape index (κ3) is 11.2. The van der Waals surface area contributed by atoms with Crippen LogP contribution in [0.2, 0.25) is 0 Å². The fourth-order valence-corrected chi connectivity index (χ4v) is 5.92. The summed E-state index contributed by atoms with van der Waals surface area (Å²) in [7, 11) is -11.5. The number of carbonyl (C=O) groups excluding carboxylic acids is 1. The van der Waals surface area contributed by atoms with Crippen molar-refractivity contribution in [3.05, 3.63) is 43.5 Å². The van der Waals surface area contributed by atoms with Crippen LogP contribution in [0.15, 0.2) is 27.0 Å². The number of azide groups is 1. The molecule has 0 spiro atoms. The Hall–Kier alpha value is -0.440. The van der Waals surface area contributed by atoms with Crippen LogP contribution in [0.25, 0.3) is 10.4 Å². The second-order valence-corrected chi connectivity index (χ2v) is 11.3. The average molecular weight is 644 g/mol. The van der Waals surface area contributed by atoms with Crippen molar-refractivity contribution in [3.8, 4) is 0 Å². The van der Waals surface area contributed by atoms with E-state index < -0.39 is 88.9 Å². The molecule has 9 atom stereocenters. The van der Waals surface area contributed by atoms with Gasteiger partial charge in [-0.2, -0.15) is 0 Å². The summed E-state index contributed by atoms with van der Waals surface area (Å²) < 4.78 is 49.6. The number of aromatic nitrogens is 2. The Morgan fingerprint density at radius 2 is 1.93 bits per heavy atom. The number of aliphatic hydroxyl groups excluding tert-OH is 2. The maximum Gasteiger partial charge on any atom is 1.00 e. The Morgan fingerprint density at radius 1 is 1.24 bits per heavy atom. The van der Waals surface area contributed by atoms with Gasteiger partial charge in [-0.3, -0.25) is 32.8 Å². The second-order valence-electron chi connectivity index (χ2n) is 8.35. The molecule has 0 bridgehead atoms. The third-order valence-electron chi connectivity index (χ3n) is 5.49. The van der Waals surface area contributed by atoms with Crippen LogP contribution in [0.1, 0.15) is 26.0 Å². The molecule has 1 aromatic heterocycles. The standard InChI is InChI=1S/C17H26N6O14P2.2Na/c1-8(24)20-13-15(27)14(26)10(6-19-22-18)35-16(13)36-39(31,32)37-38(29,30)33-7-9-2-3-12(34-9)23-5-4-11(25)21-17(23)28;;/h4-5,9-10,12-16,26-27H,2-3,6-7H2,1H3,(H,20,24)(H,29,30)(H,31,32)(H,21,25,28);;/q;2*+1/p-2/t9-,10?,12+,13?,14?,15?,16?;;/m0../s1. The van der Waals surface area contributed by atoms with Gasteiger partial charge in [0.15, 0.2) is 6.29 Å². The third-order valence-corrected chi connectivity index (χ3v) is 8.03. The van der Waals surface area contributed by atoms with E-state index in [-0.39, 0.29) is 72.0 Å². The molecule has 41 heavy (non-hydrogen) atoms. The number of carbonyl (C=O) groups is 1. The molecule has 0 aliphatic carbocycles. The van der Waals surface area contributed by atoms with Crippen LogP contribution in [-0.2, 0) is 36.8 Å². The summed E-state index contributed by atoms with van der Waals surface area (Å²) in [6.07, 6.45) is -7.37. The van der Waals surface area contributed by atoms with Gasteiger partial charge in [-0.05, 0) is 18.4 Å². The maximum absolute atomic E-state index is 12.4. The van der Waals surface area contributed by atoms with Crippen LogP contribution in [0.4, 0.5) is 0 Å². The van der Waals surface area contributed by atoms with Gasteiger partial charge in [-0.25, -0.2) is 9.11 Å². The number of nitrogens with zero attached hydrogens (tertiary/aromatic N) is 4. The van der Waals surface area contributed by atoms with Gasteiger partial charge in [-0.15, -0.1) is 0 Å². The zero-order valence-electron chi connectivity index (χ0n) is 22.0. The SMILES string of the molecule is CC(=O)NC1C(OP(=O)([O-])OP(=O)([O-])OC[C@@H]2CC[C@H](n3ccc(=O)[nH]c3=O)O2)OC(CN=[N+]=[N-])C(O)C1O.[Na+].[Na+]. The monoisotopic (exact) mass is 644 g/mol. The average Bonchev–Trinajstić information content (AvgIpc) is 3.29. The minimum absolute atomic E-state index is 0. The van der Waals surface area contributed by atoms with Crippen LogP contribution in [0.5, 0.6) is 0 Å². The summed E-state index contributed by atoms with van der Waals surface area (Å²) in [5.74, 6) is -0.796. The molecule has 1 amide bonds. The molecule has 2 aliphatic heterocycles. The van der Waals surface area contributed by atoms with Crippen LogP contribution >= 0.6 is 15.6 Å². The number of H-pyrrole nitrogens is 1. The summed E-state index contributed by atoms with van der Waals surface area (Å²) in [5, 5.41) is 25.7. The van der Waals surface area contributed by atoms with Crippen molar-refractivity contribution in [2.75, 3.05) is 13.2 Å². The van der Waals surface area contributed by atoms with E-state index in [0.717, 1.165) is 17.6 Å². The van der Waals surface area contributed by atoms with Crippen molar-refractivity contribution in [3.63, 3.8) is 0 Å². The van der Waals surface area contributed by atoms with Crippen LogP contribution in [0.3, 0.4) is 0 Å². The molecular weight excluding hydrogens is 620 g/mol. The van der Waals surface area contributed by atoms with Gasteiger partial charge in [0.1, 0.15) is 24.5 Å². The van der Waals surface area contributed by atoms with E-state index >= 15 is 0 Å². The van der Waals surface area contributed by atoms with E-state index in [4.69, 9.17) is 15.0 Å². The van der Waals surface area contributed by atoms with E-state index in [1.165, 1.54) is 6.20 Å². The number of hydrogen-bond donors (Lipinski definition) is 4. The van der Waals surface area contributed by atoms with Crippen molar-refractivity contribution in [2.24, 2.45) is 5.11 Å². The Morgan fingerprint density at radius 3 is 2.54 bits per heavy atom. The summed E-state index contributed by atoms with van der Waals surface area (Å²) in [4.78, 5) is 63.6. The summed E-state index contributed by atoms with van der Waals surface area (Å²) in [6, 6.07) is -0.622. The van der Waals surface area contributed by atoms with E-state index in [2.05, 4.69) is 28.7 Å². The first-order valence-electron chi connectivity index (χ1n) is 11.1. The fourth-order valence-electron chi connectivity index (χ4n) is 3.81. The minimum atomic E-state index is -5.84. The van der Waals surface area contributed by atoms with Crippen LogP contribution in [-0.4, -0.2) is 75.6 Å². The number of ether oxygens (including phenoxy) is 2. The molecular formula is C17H24N6Na2O14P2. The van der Waals surface area contributed by atoms with Gasteiger partial charge in [0, 0.05) is 24.1 Å². The summed E-state index contributed by atoms with van der Waals surface area (Å²) in [6.45, 7) is -0.288. The number of rotatable bonds is 11. The van der Waals surface area contributed by atoms with Crippen LogP contribution < -0.4 is 85.5 Å². The Balaban J connectivity index is 0.00000420. The van der Waals surface area contributed by atoms with Gasteiger partial charge in [-0.1, -0.05) is 5.11 Å². The van der Waals surface area contributed by atoms with Gasteiger partial charge >= 0.3 is 64.8 Å². The predicted molar refractivity (Wildman–Crippen MR) is 120 cm³/mol. The van der Waals surface area contributed by atoms with Crippen molar-refractivity contribution >= 4 is 21.6 Å². The molecule has 0 radical (unpaired) electrons. The zero-order valence-corrected chi connectivity index (χ0v) is 27.8. The van der Waals surface area contributed by atoms with Crippen molar-refractivity contribution in [1.82, 2.24) is 14.9 Å². The molecule has 3 heterocycles. The molecule has 7 unspecified atom stereocenters. The molecule has 24 heteroatoms. The number of phosphoric acid groups is 2. The molecule has 218 valence electrons. The summed E-state index contributed by atoms with van der Waals surface area (Å²) in [5.41, 5.74) is 7.09. The Bertz CT molecular complexity index is 1310. The topological polar surface area (TPSA) is 300 Å². The maximum atomic E-state index is 12.4. The molecule has 2 saturated heterocycles. The number of nitrogens with one attached hydrogen (secondary N) is 2. The van der Waals surface area contributed by atoms with Gasteiger partial charge in [0.2, 0.25) is 5.91 Å². The molecule has 4 N–H and O–H groups in total. The first-order chi connectivity index (χ1) is 18.2. The quantitative estimate of drug-likeness (QED) is 0.0572. The second kappa shape index (κ2) is 16.6. The van der Waals surface area contributed by atoms with Crippen molar-refractivity contribution in [1.29, 1.82) is 0 Å². The Labute approximate surface area is 275 Å². The van der Waals surface area contributed by atoms with Gasteiger partial charge < -0.3 is 39.3 Å². The minimum Gasteiger partial charge on any atom is -0.756 e. The first-order valence-corrected chi connectivity index (χ1v) is 14.1. The van der Waals surface area contributed by atoms with Crippen LogP contribution in [0, 0.1) is 0 Å². The number of amides is 1. The van der Waals surface area contributed by atoms with E-state index in [0.29, 0.717) is 0 Å². The molecule has 3 rings (SSSR count).